The third-order valence-electron chi connectivity index (χ3n) is 4.11. The quantitative estimate of drug-likeness (QED) is 0.410. The number of nitrogens with one attached hydrogen (secondary N) is 1. The largest absolute Gasteiger partial charge is 0.497 e. The number of benzene rings is 1. The first-order valence-electron chi connectivity index (χ1n) is 8.78. The van der Waals surface area contributed by atoms with E-state index in [1.807, 2.05) is 37.8 Å². The molecule has 1 aromatic carbocycles. The van der Waals surface area contributed by atoms with E-state index in [2.05, 4.69) is 40.0 Å². The summed E-state index contributed by atoms with van der Waals surface area (Å²) in [7, 11) is 1.69. The van der Waals surface area contributed by atoms with E-state index in [9.17, 15) is 4.79 Å². The summed E-state index contributed by atoms with van der Waals surface area (Å²) in [5.41, 5.74) is 0.827. The molecule has 1 N–H and O–H groups in total. The molecule has 1 amide bonds. The van der Waals surface area contributed by atoms with E-state index in [1.165, 1.54) is 5.56 Å². The molecule has 5 nitrogen and oxygen atoms in total. The third kappa shape index (κ3) is 7.01. The highest BCUT2D eigenvalue weighted by Gasteiger charge is 2.27. The van der Waals surface area contributed by atoms with E-state index in [4.69, 9.17) is 9.47 Å². The summed E-state index contributed by atoms with van der Waals surface area (Å²) in [5.74, 6) is 0.895. The summed E-state index contributed by atoms with van der Waals surface area (Å²) in [6, 6.07) is 8.63. The number of carbonyl (C=O) groups excluding carboxylic acids is 1. The second-order valence-electron chi connectivity index (χ2n) is 7.43. The minimum absolute atomic E-state index is 0.201. The van der Waals surface area contributed by atoms with Crippen molar-refractivity contribution in [2.45, 2.75) is 55.7 Å². The smallest absolute Gasteiger partial charge is 0.410 e. The molecule has 140 valence electrons. The third-order valence-corrected chi connectivity index (χ3v) is 4.91. The Morgan fingerprint density at radius 2 is 2.04 bits per heavy atom. The average molecular weight is 460 g/mol. The molecule has 1 aliphatic heterocycles. The van der Waals surface area contributed by atoms with Crippen molar-refractivity contribution in [2.75, 3.05) is 20.2 Å². The second kappa shape index (κ2) is 9.07. The molecule has 1 aromatic rings. The van der Waals surface area contributed by atoms with Crippen molar-refractivity contribution in [3.8, 4) is 5.75 Å². The maximum absolute atomic E-state index is 12.1. The number of alkyl halides is 1. The van der Waals surface area contributed by atoms with E-state index >= 15 is 0 Å². The molecule has 0 saturated carbocycles. The van der Waals surface area contributed by atoms with E-state index in [0.717, 1.165) is 38.1 Å². The lowest BCUT2D eigenvalue weighted by atomic mass is 10.0. The summed E-state index contributed by atoms with van der Waals surface area (Å²) in [6.07, 6.45) is 2.66. The Kier molecular flexibility index (Phi) is 7.37. The Hall–Kier alpha value is -1.02. The molecule has 1 heterocycles. The van der Waals surface area contributed by atoms with Gasteiger partial charge in [-0.25, -0.2) is 4.79 Å². The summed E-state index contributed by atoms with van der Waals surface area (Å²) < 4.78 is 11.1. The van der Waals surface area contributed by atoms with Gasteiger partial charge in [0.25, 0.3) is 0 Å². The lowest BCUT2D eigenvalue weighted by Gasteiger charge is -2.34. The van der Waals surface area contributed by atoms with Crippen molar-refractivity contribution in [3.05, 3.63) is 29.8 Å². The number of piperidine rings is 1. The number of nitrogens with zero attached hydrogens (tertiary/aromatic N) is 1. The molecule has 0 radical (unpaired) electrons. The van der Waals surface area contributed by atoms with Gasteiger partial charge in [0, 0.05) is 19.1 Å². The van der Waals surface area contributed by atoms with Crippen LogP contribution in [-0.4, -0.2) is 46.9 Å². The Bertz CT molecular complexity index is 566. The molecule has 0 aliphatic carbocycles. The maximum Gasteiger partial charge on any atom is 0.410 e. The van der Waals surface area contributed by atoms with E-state index < -0.39 is 5.60 Å². The lowest BCUT2D eigenvalue weighted by Crippen LogP contribution is -2.48. The van der Waals surface area contributed by atoms with E-state index in [-0.39, 0.29) is 6.09 Å². The standard InChI is InChI=1S/C19H29IN2O3/c1-19(2,3)25-18(23)22-10-8-15(9-11-22)21-17(20)13-14-6-5-7-16(12-14)24-4/h5-7,12,15,17,21H,8-11,13H2,1-4H3. The first-order valence-corrected chi connectivity index (χ1v) is 10.0. The topological polar surface area (TPSA) is 50.8 Å². The molecule has 0 bridgehead atoms. The number of likely N-dealkylation sites (tertiary alicyclic amines) is 1. The van der Waals surface area contributed by atoms with Gasteiger partial charge >= 0.3 is 6.09 Å². The predicted octanol–water partition coefficient (Wildman–Crippen LogP) is 3.99. The van der Waals surface area contributed by atoms with E-state index in [0.29, 0.717) is 10.1 Å². The zero-order valence-corrected chi connectivity index (χ0v) is 17.7. The van der Waals surface area contributed by atoms with E-state index in [1.54, 1.807) is 7.11 Å². The van der Waals surface area contributed by atoms with Crippen LogP contribution in [0.25, 0.3) is 0 Å². The molecule has 1 unspecified atom stereocenters. The van der Waals surface area contributed by atoms with Crippen LogP contribution >= 0.6 is 22.6 Å². The Labute approximate surface area is 164 Å². The number of hydrogen-bond acceptors (Lipinski definition) is 4. The number of hydrogen-bond donors (Lipinski definition) is 1. The van der Waals surface area contributed by atoms with Crippen LogP contribution in [0.1, 0.15) is 39.2 Å². The van der Waals surface area contributed by atoms with Gasteiger partial charge in [0.2, 0.25) is 0 Å². The normalized spacial score (nSPS) is 17.2. The number of carbonyl (C=O) groups is 1. The fraction of sp³-hybridized carbons (Fsp3) is 0.632. The first kappa shape index (κ1) is 20.3. The summed E-state index contributed by atoms with van der Waals surface area (Å²) >= 11 is 2.45. The maximum atomic E-state index is 12.1. The van der Waals surface area contributed by atoms with Gasteiger partial charge < -0.3 is 19.7 Å². The van der Waals surface area contributed by atoms with Gasteiger partial charge in [-0.3, -0.25) is 0 Å². The first-order chi connectivity index (χ1) is 11.8. The molecule has 0 aromatic heterocycles. The Morgan fingerprint density at radius 1 is 1.36 bits per heavy atom. The van der Waals surface area contributed by atoms with Crippen LogP contribution in [0, 0.1) is 0 Å². The lowest BCUT2D eigenvalue weighted by molar-refractivity contribution is 0.0198. The van der Waals surface area contributed by atoms with Crippen molar-refractivity contribution >= 4 is 28.7 Å². The molecule has 6 heteroatoms. The number of halogens is 1. The number of amides is 1. The fourth-order valence-corrected chi connectivity index (χ4v) is 3.89. The van der Waals surface area contributed by atoms with Crippen LogP contribution in [0.2, 0.25) is 0 Å². The molecule has 1 fully saturated rings. The van der Waals surface area contributed by atoms with Crippen molar-refractivity contribution in [3.63, 3.8) is 0 Å². The number of rotatable bonds is 5. The van der Waals surface area contributed by atoms with Crippen LogP contribution in [0.15, 0.2) is 24.3 Å². The molecular formula is C19H29IN2O3. The molecular weight excluding hydrogens is 431 g/mol. The summed E-state index contributed by atoms with van der Waals surface area (Å²) in [6.45, 7) is 7.19. The van der Waals surface area contributed by atoms with Crippen LogP contribution < -0.4 is 10.1 Å². The molecule has 0 spiro atoms. The zero-order valence-electron chi connectivity index (χ0n) is 15.5. The molecule has 2 rings (SSSR count). The van der Waals surface area contributed by atoms with Crippen molar-refractivity contribution in [1.82, 2.24) is 10.2 Å². The SMILES string of the molecule is COc1cccc(CC(I)NC2CCN(C(=O)OC(C)(C)C)CC2)c1. The average Bonchev–Trinajstić information content (AvgIpc) is 2.54. The summed E-state index contributed by atoms with van der Waals surface area (Å²) in [5, 5.41) is 3.68. The molecule has 25 heavy (non-hydrogen) atoms. The van der Waals surface area contributed by atoms with Gasteiger partial charge in [0.05, 0.1) is 11.2 Å². The highest BCUT2D eigenvalue weighted by Crippen LogP contribution is 2.19. The summed E-state index contributed by atoms with van der Waals surface area (Å²) in [4.78, 5) is 13.9. The molecule has 1 atom stereocenters. The van der Waals surface area contributed by atoms with Crippen molar-refractivity contribution in [1.29, 1.82) is 0 Å². The Morgan fingerprint density at radius 3 is 2.64 bits per heavy atom. The molecule has 1 aliphatic rings. The van der Waals surface area contributed by atoms with Crippen LogP contribution in [-0.2, 0) is 11.2 Å². The highest BCUT2D eigenvalue weighted by atomic mass is 127. The van der Waals surface area contributed by atoms with Crippen molar-refractivity contribution in [2.24, 2.45) is 0 Å². The molecule has 1 saturated heterocycles. The minimum Gasteiger partial charge on any atom is -0.497 e. The van der Waals surface area contributed by atoms with Crippen molar-refractivity contribution < 1.29 is 14.3 Å². The predicted molar refractivity (Wildman–Crippen MR) is 108 cm³/mol. The highest BCUT2D eigenvalue weighted by molar-refractivity contribution is 14.1. The van der Waals surface area contributed by atoms with Gasteiger partial charge in [0.15, 0.2) is 0 Å². The van der Waals surface area contributed by atoms with Crippen LogP contribution in [0.5, 0.6) is 5.75 Å². The van der Waals surface area contributed by atoms with Crippen LogP contribution in [0.3, 0.4) is 0 Å². The van der Waals surface area contributed by atoms with Gasteiger partial charge in [-0.2, -0.15) is 0 Å². The monoisotopic (exact) mass is 460 g/mol. The van der Waals surface area contributed by atoms with Crippen LogP contribution in [0.4, 0.5) is 4.79 Å². The Balaban J connectivity index is 1.76. The van der Waals surface area contributed by atoms with Gasteiger partial charge in [0.1, 0.15) is 11.4 Å². The number of ether oxygens (including phenoxy) is 2. The number of methoxy groups -OCH3 is 1. The second-order valence-corrected chi connectivity index (χ2v) is 8.94. The zero-order chi connectivity index (χ0) is 18.4. The van der Waals surface area contributed by atoms with Gasteiger partial charge in [-0.15, -0.1) is 0 Å². The van der Waals surface area contributed by atoms with Gasteiger partial charge in [-0.1, -0.05) is 34.7 Å². The minimum atomic E-state index is -0.434. The van der Waals surface area contributed by atoms with Gasteiger partial charge in [-0.05, 0) is 57.7 Å². The fourth-order valence-electron chi connectivity index (χ4n) is 2.88.